The van der Waals surface area contributed by atoms with E-state index in [2.05, 4.69) is 0 Å². The van der Waals surface area contributed by atoms with Gasteiger partial charge in [-0.2, -0.15) is 0 Å². The standard InChI is InChI=1S/C12H12O3/c1-15-12(8-11(13)14)7-6-9-4-2-3-5-10(9)12/h2-7H,8H2,1H3,(H,13,14). The Labute approximate surface area is 88.0 Å². The number of carbonyl (C=O) groups is 1. The van der Waals surface area contributed by atoms with Crippen LogP contribution in [0.15, 0.2) is 30.3 Å². The number of benzene rings is 1. The van der Waals surface area contributed by atoms with Crippen molar-refractivity contribution in [3.8, 4) is 0 Å². The number of carboxylic acid groups (broad SMARTS) is 1. The second kappa shape index (κ2) is 3.51. The van der Waals surface area contributed by atoms with Gasteiger partial charge in [0.15, 0.2) is 0 Å². The second-order valence-electron chi connectivity index (χ2n) is 3.58. The molecule has 0 heterocycles. The molecule has 1 aliphatic rings. The molecule has 3 heteroatoms. The molecule has 0 bridgehead atoms. The number of methoxy groups -OCH3 is 1. The Bertz CT molecular complexity index is 423. The minimum atomic E-state index is -0.863. The maximum absolute atomic E-state index is 10.8. The topological polar surface area (TPSA) is 46.5 Å². The van der Waals surface area contributed by atoms with Gasteiger partial charge in [-0.15, -0.1) is 0 Å². The predicted molar refractivity (Wildman–Crippen MR) is 56.4 cm³/mol. The first kappa shape index (κ1) is 9.93. The first-order valence-corrected chi connectivity index (χ1v) is 4.74. The van der Waals surface area contributed by atoms with Gasteiger partial charge in [-0.05, 0) is 17.2 Å². The van der Waals surface area contributed by atoms with Crippen molar-refractivity contribution in [2.45, 2.75) is 12.0 Å². The zero-order chi connectivity index (χ0) is 10.9. The normalized spacial score (nSPS) is 22.7. The average molecular weight is 204 g/mol. The Morgan fingerprint density at radius 1 is 1.47 bits per heavy atom. The summed E-state index contributed by atoms with van der Waals surface area (Å²) in [5, 5.41) is 8.88. The zero-order valence-corrected chi connectivity index (χ0v) is 8.43. The van der Waals surface area contributed by atoms with Crippen molar-refractivity contribution in [1.82, 2.24) is 0 Å². The van der Waals surface area contributed by atoms with E-state index in [1.54, 1.807) is 0 Å². The molecular formula is C12H12O3. The van der Waals surface area contributed by atoms with Crippen LogP contribution in [-0.2, 0) is 15.1 Å². The van der Waals surface area contributed by atoms with Crippen molar-refractivity contribution < 1.29 is 14.6 Å². The monoisotopic (exact) mass is 204 g/mol. The molecule has 0 saturated heterocycles. The summed E-state index contributed by atoms with van der Waals surface area (Å²) in [5.41, 5.74) is 1.16. The second-order valence-corrected chi connectivity index (χ2v) is 3.58. The van der Waals surface area contributed by atoms with Gasteiger partial charge in [0, 0.05) is 7.11 Å². The highest BCUT2D eigenvalue weighted by molar-refractivity contribution is 5.73. The fraction of sp³-hybridized carbons (Fsp3) is 0.250. The lowest BCUT2D eigenvalue weighted by Gasteiger charge is -2.25. The molecule has 0 radical (unpaired) electrons. The van der Waals surface area contributed by atoms with Gasteiger partial charge in [-0.1, -0.05) is 30.3 Å². The molecule has 78 valence electrons. The largest absolute Gasteiger partial charge is 0.481 e. The van der Waals surface area contributed by atoms with E-state index >= 15 is 0 Å². The van der Waals surface area contributed by atoms with Crippen molar-refractivity contribution in [2.24, 2.45) is 0 Å². The van der Waals surface area contributed by atoms with Crippen LogP contribution in [-0.4, -0.2) is 18.2 Å². The first-order valence-electron chi connectivity index (χ1n) is 4.74. The third kappa shape index (κ3) is 1.55. The van der Waals surface area contributed by atoms with Crippen LogP contribution in [0.4, 0.5) is 0 Å². The van der Waals surface area contributed by atoms with Gasteiger partial charge >= 0.3 is 5.97 Å². The average Bonchev–Trinajstić information content (AvgIpc) is 2.58. The van der Waals surface area contributed by atoms with Gasteiger partial charge in [-0.3, -0.25) is 4.79 Å². The number of aliphatic carboxylic acids is 1. The van der Waals surface area contributed by atoms with Crippen molar-refractivity contribution >= 4 is 12.0 Å². The molecule has 1 aliphatic carbocycles. The third-order valence-electron chi connectivity index (χ3n) is 2.73. The summed E-state index contributed by atoms with van der Waals surface area (Å²) in [4.78, 5) is 10.8. The fourth-order valence-corrected chi connectivity index (χ4v) is 1.97. The van der Waals surface area contributed by atoms with Crippen LogP contribution >= 0.6 is 0 Å². The highest BCUT2D eigenvalue weighted by Crippen LogP contribution is 2.39. The molecule has 0 aliphatic heterocycles. The minimum absolute atomic E-state index is 0.0446. The lowest BCUT2D eigenvalue weighted by molar-refractivity contribution is -0.142. The van der Waals surface area contributed by atoms with Crippen LogP contribution in [0.25, 0.3) is 6.08 Å². The zero-order valence-electron chi connectivity index (χ0n) is 8.43. The van der Waals surface area contributed by atoms with Crippen LogP contribution in [0.3, 0.4) is 0 Å². The van der Waals surface area contributed by atoms with Gasteiger partial charge in [0.1, 0.15) is 5.60 Å². The van der Waals surface area contributed by atoms with Crippen LogP contribution in [0.1, 0.15) is 17.5 Å². The van der Waals surface area contributed by atoms with Gasteiger partial charge in [0.25, 0.3) is 0 Å². The maximum atomic E-state index is 10.8. The fourth-order valence-electron chi connectivity index (χ4n) is 1.97. The van der Waals surface area contributed by atoms with E-state index in [4.69, 9.17) is 9.84 Å². The van der Waals surface area contributed by atoms with Gasteiger partial charge in [-0.25, -0.2) is 0 Å². The van der Waals surface area contributed by atoms with E-state index in [9.17, 15) is 4.79 Å². The summed E-state index contributed by atoms with van der Waals surface area (Å²) in [6.07, 6.45) is 3.67. The molecule has 1 aromatic carbocycles. The quantitative estimate of drug-likeness (QED) is 0.819. The van der Waals surface area contributed by atoms with E-state index in [1.807, 2.05) is 36.4 Å². The molecule has 0 saturated carbocycles. The van der Waals surface area contributed by atoms with Crippen molar-refractivity contribution in [2.75, 3.05) is 7.11 Å². The maximum Gasteiger partial charge on any atom is 0.306 e. The van der Waals surface area contributed by atoms with E-state index in [0.717, 1.165) is 11.1 Å². The molecule has 1 unspecified atom stereocenters. The van der Waals surface area contributed by atoms with Crippen molar-refractivity contribution in [3.63, 3.8) is 0 Å². The number of hydrogen-bond acceptors (Lipinski definition) is 2. The van der Waals surface area contributed by atoms with Gasteiger partial charge in [0.2, 0.25) is 0 Å². The molecular weight excluding hydrogens is 192 g/mol. The van der Waals surface area contributed by atoms with Crippen LogP contribution in [0, 0.1) is 0 Å². The van der Waals surface area contributed by atoms with E-state index in [1.165, 1.54) is 7.11 Å². The van der Waals surface area contributed by atoms with Crippen molar-refractivity contribution in [1.29, 1.82) is 0 Å². The number of carboxylic acids is 1. The lowest BCUT2D eigenvalue weighted by Crippen LogP contribution is -2.27. The van der Waals surface area contributed by atoms with Gasteiger partial charge in [0.05, 0.1) is 6.42 Å². The molecule has 1 N–H and O–H groups in total. The molecule has 3 nitrogen and oxygen atoms in total. The van der Waals surface area contributed by atoms with Gasteiger partial charge < -0.3 is 9.84 Å². The molecule has 2 rings (SSSR count). The highest BCUT2D eigenvalue weighted by atomic mass is 16.5. The molecule has 15 heavy (non-hydrogen) atoms. The summed E-state index contributed by atoms with van der Waals surface area (Å²) in [6.45, 7) is 0. The molecule has 1 atom stereocenters. The summed E-state index contributed by atoms with van der Waals surface area (Å²) in [5.74, 6) is -0.863. The lowest BCUT2D eigenvalue weighted by atomic mass is 9.92. The predicted octanol–water partition coefficient (Wildman–Crippen LogP) is 2.03. The third-order valence-corrected chi connectivity index (χ3v) is 2.73. The summed E-state index contributed by atoms with van der Waals surface area (Å²) in [7, 11) is 1.54. The molecule has 0 fully saturated rings. The summed E-state index contributed by atoms with van der Waals surface area (Å²) >= 11 is 0. The smallest absolute Gasteiger partial charge is 0.306 e. The summed E-state index contributed by atoms with van der Waals surface area (Å²) < 4.78 is 5.37. The first-order chi connectivity index (χ1) is 7.18. The number of hydrogen-bond donors (Lipinski definition) is 1. The van der Waals surface area contributed by atoms with E-state index in [-0.39, 0.29) is 6.42 Å². The Morgan fingerprint density at radius 3 is 2.87 bits per heavy atom. The number of rotatable bonds is 3. The number of ether oxygens (including phenoxy) is 1. The van der Waals surface area contributed by atoms with E-state index in [0.29, 0.717) is 0 Å². The van der Waals surface area contributed by atoms with Crippen LogP contribution in [0.5, 0.6) is 0 Å². The minimum Gasteiger partial charge on any atom is -0.481 e. The SMILES string of the molecule is COC1(CC(=O)O)C=Cc2ccccc21. The van der Waals surface area contributed by atoms with Crippen LogP contribution in [0.2, 0.25) is 0 Å². The van der Waals surface area contributed by atoms with Crippen molar-refractivity contribution in [3.05, 3.63) is 41.5 Å². The Kier molecular flexibility index (Phi) is 2.32. The summed E-state index contributed by atoms with van der Waals surface area (Å²) in [6, 6.07) is 7.67. The Balaban J connectivity index is 2.45. The number of fused-ring (bicyclic) bond motifs is 1. The molecule has 0 amide bonds. The molecule has 0 aromatic heterocycles. The van der Waals surface area contributed by atoms with E-state index < -0.39 is 11.6 Å². The Hall–Kier alpha value is -1.61. The Morgan fingerprint density at radius 2 is 2.20 bits per heavy atom. The highest BCUT2D eigenvalue weighted by Gasteiger charge is 2.36. The molecule has 0 spiro atoms. The van der Waals surface area contributed by atoms with Crippen LogP contribution < -0.4 is 0 Å². The molecule has 1 aromatic rings.